The molecule has 34 heavy (non-hydrogen) atoms. The highest BCUT2D eigenvalue weighted by Gasteiger charge is 2.34. The Labute approximate surface area is 208 Å². The molecule has 0 radical (unpaired) electrons. The largest absolute Gasteiger partial charge is 0.341 e. The summed E-state index contributed by atoms with van der Waals surface area (Å²) in [7, 11) is 0. The lowest BCUT2D eigenvalue weighted by atomic mass is 9.89. The fourth-order valence-electron chi connectivity index (χ4n) is 5.18. The molecule has 5 rings (SSSR count). The van der Waals surface area contributed by atoms with E-state index in [0.717, 1.165) is 37.6 Å². The number of para-hydroxylation sites is 1. The van der Waals surface area contributed by atoms with Crippen molar-refractivity contribution in [3.8, 4) is 0 Å². The molecule has 0 saturated carbocycles. The average Bonchev–Trinajstić information content (AvgIpc) is 3.25. The van der Waals surface area contributed by atoms with Crippen LogP contribution in [0, 0.1) is 11.8 Å². The number of benzene rings is 4. The molecule has 3 heteroatoms. The van der Waals surface area contributed by atoms with Gasteiger partial charge in [-0.2, -0.15) is 0 Å². The standard InChI is InChI=1S/C31H31ClN2/c32-29-16-18-31(19-17-29)34(30-14-8-3-9-15-30)24-28-23-33(21-26-12-6-2-7-13-26)22-27(28)20-25-10-4-1-5-11-25/h1-19,27-28H,20-24H2. The van der Waals surface area contributed by atoms with E-state index in [1.165, 1.54) is 22.5 Å². The van der Waals surface area contributed by atoms with Gasteiger partial charge in [0.2, 0.25) is 0 Å². The summed E-state index contributed by atoms with van der Waals surface area (Å²) in [6.45, 7) is 4.21. The Morgan fingerprint density at radius 3 is 1.79 bits per heavy atom. The minimum atomic E-state index is 0.555. The fourth-order valence-corrected chi connectivity index (χ4v) is 5.31. The number of rotatable bonds is 8. The first kappa shape index (κ1) is 22.7. The van der Waals surface area contributed by atoms with Gasteiger partial charge in [-0.3, -0.25) is 4.90 Å². The molecule has 172 valence electrons. The zero-order valence-electron chi connectivity index (χ0n) is 19.4. The third kappa shape index (κ3) is 5.70. The van der Waals surface area contributed by atoms with Gasteiger partial charge in [0.1, 0.15) is 0 Å². The molecule has 4 aromatic carbocycles. The van der Waals surface area contributed by atoms with Gasteiger partial charge in [-0.25, -0.2) is 0 Å². The van der Waals surface area contributed by atoms with Crippen LogP contribution in [0.5, 0.6) is 0 Å². The van der Waals surface area contributed by atoms with Crippen LogP contribution in [0.2, 0.25) is 5.02 Å². The maximum atomic E-state index is 6.22. The van der Waals surface area contributed by atoms with E-state index in [2.05, 4.69) is 113 Å². The smallest absolute Gasteiger partial charge is 0.0411 e. The lowest BCUT2D eigenvalue weighted by Gasteiger charge is -2.30. The SMILES string of the molecule is Clc1ccc(N(CC2CN(Cc3ccccc3)CC2Cc2ccccc2)c2ccccc2)cc1. The van der Waals surface area contributed by atoms with Gasteiger partial charge < -0.3 is 4.90 Å². The molecular formula is C31H31ClN2. The lowest BCUT2D eigenvalue weighted by molar-refractivity contribution is 0.313. The van der Waals surface area contributed by atoms with E-state index in [4.69, 9.17) is 11.6 Å². The van der Waals surface area contributed by atoms with Gasteiger partial charge in [0.25, 0.3) is 0 Å². The lowest BCUT2D eigenvalue weighted by Crippen LogP contribution is -2.30. The highest BCUT2D eigenvalue weighted by molar-refractivity contribution is 6.30. The van der Waals surface area contributed by atoms with Crippen molar-refractivity contribution in [2.24, 2.45) is 11.8 Å². The third-order valence-electron chi connectivity index (χ3n) is 6.87. The predicted octanol–water partition coefficient (Wildman–Crippen LogP) is 7.47. The summed E-state index contributed by atoms with van der Waals surface area (Å²) in [5.41, 5.74) is 5.23. The third-order valence-corrected chi connectivity index (χ3v) is 7.12. The molecule has 2 atom stereocenters. The maximum Gasteiger partial charge on any atom is 0.0411 e. The molecular weight excluding hydrogens is 436 g/mol. The Balaban J connectivity index is 1.41. The average molecular weight is 467 g/mol. The van der Waals surface area contributed by atoms with Gasteiger partial charge in [0, 0.05) is 42.6 Å². The van der Waals surface area contributed by atoms with E-state index < -0.39 is 0 Å². The topological polar surface area (TPSA) is 6.48 Å². The summed E-state index contributed by atoms with van der Waals surface area (Å²) in [5, 5.41) is 0.772. The Hall–Kier alpha value is -3.07. The molecule has 1 fully saturated rings. The minimum absolute atomic E-state index is 0.555. The number of likely N-dealkylation sites (tertiary alicyclic amines) is 1. The van der Waals surface area contributed by atoms with Crippen LogP contribution in [0.1, 0.15) is 11.1 Å². The van der Waals surface area contributed by atoms with Crippen molar-refractivity contribution < 1.29 is 0 Å². The van der Waals surface area contributed by atoms with Crippen molar-refractivity contribution >= 4 is 23.0 Å². The van der Waals surface area contributed by atoms with Crippen LogP contribution < -0.4 is 4.90 Å². The van der Waals surface area contributed by atoms with Crippen LogP contribution in [-0.2, 0) is 13.0 Å². The van der Waals surface area contributed by atoms with E-state index >= 15 is 0 Å². The van der Waals surface area contributed by atoms with E-state index in [9.17, 15) is 0 Å². The zero-order chi connectivity index (χ0) is 23.2. The van der Waals surface area contributed by atoms with Crippen LogP contribution >= 0.6 is 11.6 Å². The summed E-state index contributed by atoms with van der Waals surface area (Å²) in [6, 6.07) is 40.8. The van der Waals surface area contributed by atoms with Gasteiger partial charge >= 0.3 is 0 Å². The van der Waals surface area contributed by atoms with Gasteiger partial charge in [0.15, 0.2) is 0 Å². The second-order valence-electron chi connectivity index (χ2n) is 9.31. The molecule has 2 unspecified atom stereocenters. The summed E-state index contributed by atoms with van der Waals surface area (Å²) >= 11 is 6.22. The van der Waals surface area contributed by atoms with Crippen LogP contribution in [0.25, 0.3) is 0 Å². The van der Waals surface area contributed by atoms with E-state index in [0.29, 0.717) is 11.8 Å². The molecule has 0 amide bonds. The van der Waals surface area contributed by atoms with Crippen molar-refractivity contribution in [2.45, 2.75) is 13.0 Å². The highest BCUT2D eigenvalue weighted by atomic mass is 35.5. The van der Waals surface area contributed by atoms with Crippen LogP contribution in [0.15, 0.2) is 115 Å². The minimum Gasteiger partial charge on any atom is -0.341 e. The van der Waals surface area contributed by atoms with E-state index in [1.807, 2.05) is 12.1 Å². The van der Waals surface area contributed by atoms with Crippen molar-refractivity contribution in [3.63, 3.8) is 0 Å². The number of hydrogen-bond donors (Lipinski definition) is 0. The normalized spacial score (nSPS) is 18.1. The fraction of sp³-hybridized carbons (Fsp3) is 0.226. The summed E-state index contributed by atoms with van der Waals surface area (Å²) in [6.07, 6.45) is 1.11. The Bertz CT molecular complexity index is 1150. The summed E-state index contributed by atoms with van der Waals surface area (Å²) in [5.74, 6) is 1.16. The van der Waals surface area contributed by atoms with Crippen LogP contribution in [0.3, 0.4) is 0 Å². The van der Waals surface area contributed by atoms with Gasteiger partial charge in [0.05, 0.1) is 0 Å². The van der Waals surface area contributed by atoms with Crippen molar-refractivity contribution in [1.82, 2.24) is 4.90 Å². The second-order valence-corrected chi connectivity index (χ2v) is 9.75. The highest BCUT2D eigenvalue weighted by Crippen LogP contribution is 2.34. The quantitative estimate of drug-likeness (QED) is 0.265. The monoisotopic (exact) mass is 466 g/mol. The Kier molecular flexibility index (Phi) is 7.28. The number of nitrogens with zero attached hydrogens (tertiary/aromatic N) is 2. The first-order chi connectivity index (χ1) is 16.7. The second kappa shape index (κ2) is 10.9. The van der Waals surface area contributed by atoms with Crippen LogP contribution in [-0.4, -0.2) is 24.5 Å². The van der Waals surface area contributed by atoms with Gasteiger partial charge in [-0.15, -0.1) is 0 Å². The Morgan fingerprint density at radius 2 is 1.15 bits per heavy atom. The molecule has 0 aliphatic carbocycles. The molecule has 1 aliphatic heterocycles. The van der Waals surface area contributed by atoms with Crippen LogP contribution in [0.4, 0.5) is 11.4 Å². The predicted molar refractivity (Wildman–Crippen MR) is 144 cm³/mol. The molecule has 0 N–H and O–H groups in total. The van der Waals surface area contributed by atoms with Crippen molar-refractivity contribution in [2.75, 3.05) is 24.5 Å². The van der Waals surface area contributed by atoms with Gasteiger partial charge in [-0.1, -0.05) is 90.5 Å². The molecule has 0 spiro atoms. The number of anilines is 2. The first-order valence-corrected chi connectivity index (χ1v) is 12.5. The summed E-state index contributed by atoms with van der Waals surface area (Å²) < 4.78 is 0. The zero-order valence-corrected chi connectivity index (χ0v) is 20.2. The summed E-state index contributed by atoms with van der Waals surface area (Å²) in [4.78, 5) is 5.10. The molecule has 0 aromatic heterocycles. The molecule has 1 aliphatic rings. The molecule has 1 saturated heterocycles. The number of halogens is 1. The number of hydrogen-bond acceptors (Lipinski definition) is 2. The van der Waals surface area contributed by atoms with Gasteiger partial charge in [-0.05, 0) is 65.8 Å². The van der Waals surface area contributed by atoms with Crippen molar-refractivity contribution in [3.05, 3.63) is 131 Å². The first-order valence-electron chi connectivity index (χ1n) is 12.1. The van der Waals surface area contributed by atoms with E-state index in [1.54, 1.807) is 0 Å². The van der Waals surface area contributed by atoms with Crippen molar-refractivity contribution in [1.29, 1.82) is 0 Å². The maximum absolute atomic E-state index is 6.22. The molecule has 0 bridgehead atoms. The Morgan fingerprint density at radius 1 is 0.618 bits per heavy atom. The molecule has 1 heterocycles. The molecule has 4 aromatic rings. The van der Waals surface area contributed by atoms with E-state index in [-0.39, 0.29) is 0 Å². The molecule has 2 nitrogen and oxygen atoms in total.